The Kier molecular flexibility index (Phi) is 4.60. The molecule has 1 aromatic carbocycles. The molecule has 0 fully saturated rings. The third-order valence-corrected chi connectivity index (χ3v) is 6.09. The molecular weight excluding hydrogens is 386 g/mol. The van der Waals surface area contributed by atoms with E-state index in [2.05, 4.69) is 17.1 Å². The summed E-state index contributed by atoms with van der Waals surface area (Å²) in [6.45, 7) is 2.15. The monoisotopic (exact) mass is 405 g/mol. The Morgan fingerprint density at radius 1 is 1.24 bits per heavy atom. The minimum atomic E-state index is -0.371. The van der Waals surface area contributed by atoms with Gasteiger partial charge in [-0.25, -0.2) is 4.79 Å². The predicted octanol–water partition coefficient (Wildman–Crippen LogP) is 4.83. The van der Waals surface area contributed by atoms with Crippen LogP contribution in [0, 0.1) is 5.92 Å². The number of aromatic nitrogens is 3. The van der Waals surface area contributed by atoms with Gasteiger partial charge in [0.25, 0.3) is 11.8 Å². The van der Waals surface area contributed by atoms with E-state index in [1.165, 1.54) is 11.3 Å². The van der Waals surface area contributed by atoms with Crippen LogP contribution in [0.2, 0.25) is 0 Å². The van der Waals surface area contributed by atoms with E-state index in [1.807, 2.05) is 41.8 Å². The second-order valence-corrected chi connectivity index (χ2v) is 8.28. The van der Waals surface area contributed by atoms with Crippen molar-refractivity contribution < 1.29 is 13.9 Å². The standard InChI is InChI=1S/C22H19N3O3S/c1-13-8-9-17-15(11-13)20(14-5-2-3-6-16(14)23-17)22(26)27-12-19-24-25-21(28-19)18-7-4-10-29-18/h2-7,10,13H,8-9,11-12H2,1H3. The van der Waals surface area contributed by atoms with Crippen LogP contribution in [0.15, 0.2) is 46.2 Å². The van der Waals surface area contributed by atoms with E-state index in [4.69, 9.17) is 14.1 Å². The number of carbonyl (C=O) groups excluding carboxylic acids is 1. The third kappa shape index (κ3) is 3.42. The fourth-order valence-corrected chi connectivity index (χ4v) is 4.45. The number of fused-ring (bicyclic) bond motifs is 2. The van der Waals surface area contributed by atoms with Crippen LogP contribution >= 0.6 is 11.3 Å². The highest BCUT2D eigenvalue weighted by Gasteiger charge is 2.26. The summed E-state index contributed by atoms with van der Waals surface area (Å²) in [6.07, 6.45) is 2.80. The molecule has 5 rings (SSSR count). The molecule has 0 N–H and O–H groups in total. The van der Waals surface area contributed by atoms with E-state index in [9.17, 15) is 4.79 Å². The SMILES string of the molecule is CC1CCc2nc3ccccc3c(C(=O)OCc3nnc(-c4cccs4)o3)c2C1. The van der Waals surface area contributed by atoms with Gasteiger partial charge in [-0.2, -0.15) is 0 Å². The zero-order valence-corrected chi connectivity index (χ0v) is 16.7. The third-order valence-electron chi connectivity index (χ3n) is 5.24. The summed E-state index contributed by atoms with van der Waals surface area (Å²) in [5.41, 5.74) is 3.46. The second kappa shape index (κ2) is 7.40. The van der Waals surface area contributed by atoms with Crippen molar-refractivity contribution >= 4 is 28.2 Å². The van der Waals surface area contributed by atoms with Gasteiger partial charge in [-0.1, -0.05) is 31.2 Å². The molecule has 3 heterocycles. The van der Waals surface area contributed by atoms with Gasteiger partial charge in [0.2, 0.25) is 0 Å². The first-order valence-corrected chi connectivity index (χ1v) is 10.5. The zero-order chi connectivity index (χ0) is 19.8. The van der Waals surface area contributed by atoms with E-state index in [0.29, 0.717) is 17.4 Å². The summed E-state index contributed by atoms with van der Waals surface area (Å²) in [7, 11) is 0. The molecular formula is C22H19N3O3S. The van der Waals surface area contributed by atoms with Gasteiger partial charge >= 0.3 is 5.97 Å². The second-order valence-electron chi connectivity index (χ2n) is 7.33. The first-order valence-electron chi connectivity index (χ1n) is 9.63. The van der Waals surface area contributed by atoms with Gasteiger partial charge in [0.05, 0.1) is 16.0 Å². The van der Waals surface area contributed by atoms with Crippen LogP contribution in [-0.4, -0.2) is 21.2 Å². The summed E-state index contributed by atoms with van der Waals surface area (Å²) in [5, 5.41) is 10.8. The van der Waals surface area contributed by atoms with Crippen molar-refractivity contribution in [1.29, 1.82) is 0 Å². The van der Waals surface area contributed by atoms with Gasteiger partial charge < -0.3 is 9.15 Å². The predicted molar refractivity (Wildman–Crippen MR) is 110 cm³/mol. The molecule has 1 aliphatic carbocycles. The van der Waals surface area contributed by atoms with Crippen molar-refractivity contribution in [3.05, 3.63) is 64.5 Å². The molecule has 7 heteroatoms. The lowest BCUT2D eigenvalue weighted by Crippen LogP contribution is -2.19. The first-order chi connectivity index (χ1) is 14.2. The van der Waals surface area contributed by atoms with Crippen molar-refractivity contribution in [2.75, 3.05) is 0 Å². The number of thiophene rings is 1. The number of hydrogen-bond acceptors (Lipinski definition) is 7. The number of aryl methyl sites for hydroxylation is 1. The normalized spacial score (nSPS) is 16.0. The molecule has 4 aromatic rings. The fraction of sp³-hybridized carbons (Fsp3) is 0.273. The molecule has 0 amide bonds. The van der Waals surface area contributed by atoms with E-state index in [1.54, 1.807) is 0 Å². The summed E-state index contributed by atoms with van der Waals surface area (Å²) < 4.78 is 11.2. The molecule has 1 aliphatic rings. The summed E-state index contributed by atoms with van der Waals surface area (Å²) >= 11 is 1.52. The van der Waals surface area contributed by atoms with E-state index < -0.39 is 0 Å². The van der Waals surface area contributed by atoms with Gasteiger partial charge in [-0.15, -0.1) is 21.5 Å². The van der Waals surface area contributed by atoms with Crippen molar-refractivity contribution in [3.8, 4) is 10.8 Å². The largest absolute Gasteiger partial charge is 0.452 e. The Labute approximate surface area is 171 Å². The maximum absolute atomic E-state index is 13.1. The molecule has 3 aromatic heterocycles. The van der Waals surface area contributed by atoms with Gasteiger partial charge in [0.1, 0.15) is 0 Å². The number of benzene rings is 1. The number of esters is 1. The highest BCUT2D eigenvalue weighted by atomic mass is 32.1. The molecule has 1 unspecified atom stereocenters. The summed E-state index contributed by atoms with van der Waals surface area (Å²) in [5.74, 6) is 0.861. The Balaban J connectivity index is 1.44. The Hall–Kier alpha value is -3.06. The average Bonchev–Trinajstić information content (AvgIpc) is 3.42. The van der Waals surface area contributed by atoms with Gasteiger partial charge in [-0.3, -0.25) is 4.98 Å². The average molecular weight is 405 g/mol. The topological polar surface area (TPSA) is 78.1 Å². The van der Waals surface area contributed by atoms with Crippen molar-refractivity contribution in [2.45, 2.75) is 32.8 Å². The summed E-state index contributed by atoms with van der Waals surface area (Å²) in [4.78, 5) is 18.8. The molecule has 0 bridgehead atoms. The lowest BCUT2D eigenvalue weighted by Gasteiger charge is -2.24. The number of pyridine rings is 1. The maximum atomic E-state index is 13.1. The molecule has 6 nitrogen and oxygen atoms in total. The van der Waals surface area contributed by atoms with Crippen molar-refractivity contribution in [3.63, 3.8) is 0 Å². The van der Waals surface area contributed by atoms with Gasteiger partial charge in [-0.05, 0) is 48.3 Å². The first kappa shape index (κ1) is 18.0. The van der Waals surface area contributed by atoms with Crippen LogP contribution < -0.4 is 0 Å². The van der Waals surface area contributed by atoms with Crippen molar-refractivity contribution in [2.24, 2.45) is 5.92 Å². The molecule has 29 heavy (non-hydrogen) atoms. The Morgan fingerprint density at radius 3 is 3.00 bits per heavy atom. The van der Waals surface area contributed by atoms with E-state index in [0.717, 1.165) is 46.3 Å². The van der Waals surface area contributed by atoms with Crippen LogP contribution in [0.4, 0.5) is 0 Å². The number of carbonyl (C=O) groups is 1. The van der Waals surface area contributed by atoms with Crippen LogP contribution in [0.1, 0.15) is 40.9 Å². The minimum absolute atomic E-state index is 0.0574. The number of nitrogens with zero attached hydrogens (tertiary/aromatic N) is 3. The molecule has 0 aliphatic heterocycles. The van der Waals surface area contributed by atoms with Crippen LogP contribution in [0.25, 0.3) is 21.7 Å². The lowest BCUT2D eigenvalue weighted by atomic mass is 9.84. The minimum Gasteiger partial charge on any atom is -0.452 e. The number of ether oxygens (including phenoxy) is 1. The number of rotatable bonds is 4. The molecule has 146 valence electrons. The smallest absolute Gasteiger partial charge is 0.339 e. The molecule has 0 spiro atoms. The number of para-hydroxylation sites is 1. The quantitative estimate of drug-likeness (QED) is 0.453. The summed E-state index contributed by atoms with van der Waals surface area (Å²) in [6, 6.07) is 11.6. The maximum Gasteiger partial charge on any atom is 0.339 e. The highest BCUT2D eigenvalue weighted by Crippen LogP contribution is 2.32. The molecule has 0 saturated carbocycles. The van der Waals surface area contributed by atoms with E-state index in [-0.39, 0.29) is 18.5 Å². The fourth-order valence-electron chi connectivity index (χ4n) is 3.81. The van der Waals surface area contributed by atoms with E-state index >= 15 is 0 Å². The highest BCUT2D eigenvalue weighted by molar-refractivity contribution is 7.13. The molecule has 1 atom stereocenters. The number of hydrogen-bond donors (Lipinski definition) is 0. The molecule has 0 radical (unpaired) electrons. The zero-order valence-electron chi connectivity index (χ0n) is 15.9. The molecule has 0 saturated heterocycles. The van der Waals surface area contributed by atoms with Crippen LogP contribution in [0.5, 0.6) is 0 Å². The Bertz CT molecular complexity index is 1180. The van der Waals surface area contributed by atoms with Crippen LogP contribution in [-0.2, 0) is 24.2 Å². The lowest BCUT2D eigenvalue weighted by molar-refractivity contribution is 0.0439. The van der Waals surface area contributed by atoms with Crippen molar-refractivity contribution in [1.82, 2.24) is 15.2 Å². The Morgan fingerprint density at radius 2 is 2.14 bits per heavy atom. The van der Waals surface area contributed by atoms with Crippen LogP contribution in [0.3, 0.4) is 0 Å². The van der Waals surface area contributed by atoms with Gasteiger partial charge in [0, 0.05) is 11.1 Å². The van der Waals surface area contributed by atoms with Gasteiger partial charge in [0.15, 0.2) is 6.61 Å².